The van der Waals surface area contributed by atoms with Gasteiger partial charge in [0.25, 0.3) is 0 Å². The van der Waals surface area contributed by atoms with Crippen LogP contribution in [0.3, 0.4) is 0 Å². The van der Waals surface area contributed by atoms with E-state index in [4.69, 9.17) is 49.7 Å². The maximum Gasteiger partial charge on any atom is 0.534 e. The van der Waals surface area contributed by atoms with Crippen LogP contribution in [0.2, 0.25) is 5.02 Å². The number of ether oxygens (including phenoxy) is 5. The van der Waals surface area contributed by atoms with E-state index in [0.29, 0.717) is 18.2 Å². The van der Waals surface area contributed by atoms with E-state index >= 15 is 0 Å². The van der Waals surface area contributed by atoms with Crippen molar-refractivity contribution >= 4 is 84.0 Å². The summed E-state index contributed by atoms with van der Waals surface area (Å²) < 4.78 is 106. The Morgan fingerprint density at radius 2 is 0.898 bits per heavy atom. The first kappa shape index (κ1) is 88.4. The van der Waals surface area contributed by atoms with Gasteiger partial charge in [-0.05, 0) is 234 Å². The van der Waals surface area contributed by atoms with Gasteiger partial charge >= 0.3 is 34.9 Å². The number of nitrogens with zero attached hydrogens (tertiary/aromatic N) is 6. The van der Waals surface area contributed by atoms with Gasteiger partial charge in [-0.15, -0.1) is 0 Å². The number of carbonyl (C=O) groups excluding carboxylic acids is 2. The molecular weight excluding hydrogens is 1560 g/mol. The Morgan fingerprint density at radius 1 is 0.528 bits per heavy atom. The number of aromatic hydroxyl groups is 1. The Labute approximate surface area is 656 Å². The van der Waals surface area contributed by atoms with E-state index in [9.17, 15) is 31.2 Å². The fourth-order valence-corrected chi connectivity index (χ4v) is 12.0. The van der Waals surface area contributed by atoms with Crippen molar-refractivity contribution in [3.05, 3.63) is 229 Å². The highest BCUT2D eigenvalue weighted by Gasteiger charge is 2.52. The zero-order chi connectivity index (χ0) is 80.4. The molecular formula is C81H97BBr2ClF3N6O13S. The highest BCUT2D eigenvalue weighted by molar-refractivity contribution is 9.10. The number of allylic oxidation sites excluding steroid dienone is 2. The first-order valence-electron chi connectivity index (χ1n) is 34.8. The molecule has 8 aromatic rings. The highest BCUT2D eigenvalue weighted by Crippen LogP contribution is 2.38. The summed E-state index contributed by atoms with van der Waals surface area (Å²) in [7, 11) is -6.23. The van der Waals surface area contributed by atoms with E-state index in [1.165, 1.54) is 0 Å². The van der Waals surface area contributed by atoms with Crippen LogP contribution in [0, 0.1) is 67.2 Å². The van der Waals surface area contributed by atoms with Gasteiger partial charge in [-0.2, -0.15) is 21.6 Å². The molecule has 580 valence electrons. The number of amides is 2. The van der Waals surface area contributed by atoms with Crippen molar-refractivity contribution in [2.24, 2.45) is 11.8 Å². The topological polar surface area (TPSA) is 220 Å². The summed E-state index contributed by atoms with van der Waals surface area (Å²) in [5.41, 5.74) is 2.62. The molecule has 108 heavy (non-hydrogen) atoms. The fraction of sp³-hybridized carbons (Fsp3) is 0.383. The first-order chi connectivity index (χ1) is 50.1. The number of halogens is 6. The van der Waals surface area contributed by atoms with Crippen molar-refractivity contribution in [3.63, 3.8) is 0 Å². The number of pyridine rings is 4. The van der Waals surface area contributed by atoms with Gasteiger partial charge in [-0.1, -0.05) is 99.8 Å². The number of phenolic OH excluding ortho intramolecular Hbond substituents is 1. The van der Waals surface area contributed by atoms with Crippen LogP contribution in [-0.2, 0) is 33.1 Å². The zero-order valence-electron chi connectivity index (χ0n) is 64.8. The first-order valence-corrected chi connectivity index (χ1v) is 38.2. The number of phenols is 1. The van der Waals surface area contributed by atoms with Gasteiger partial charge in [0.05, 0.1) is 16.9 Å². The average Bonchev–Trinajstić information content (AvgIpc) is 1.45. The lowest BCUT2D eigenvalue weighted by Crippen LogP contribution is -2.42. The molecule has 3 aliphatic rings. The molecule has 0 radical (unpaired) electrons. The molecule has 1 fully saturated rings. The number of alkyl halides is 3. The van der Waals surface area contributed by atoms with Crippen LogP contribution in [0.15, 0.2) is 173 Å². The van der Waals surface area contributed by atoms with Crippen molar-refractivity contribution in [2.45, 2.75) is 179 Å². The van der Waals surface area contributed by atoms with Gasteiger partial charge in [0.2, 0.25) is 5.88 Å². The summed E-state index contributed by atoms with van der Waals surface area (Å²) in [5.74, 6) is 4.56. The molecule has 4 aromatic carbocycles. The number of hydrogen-bond acceptors (Lipinski definition) is 17. The number of rotatable bonds is 10. The normalized spacial score (nSPS) is 15.9. The maximum absolute atomic E-state index is 12.8. The van der Waals surface area contributed by atoms with E-state index in [2.05, 4.69) is 96.7 Å². The third-order valence-corrected chi connectivity index (χ3v) is 17.9. The smallest absolute Gasteiger partial charge is 0.508 e. The molecule has 0 aliphatic carbocycles. The zero-order valence-corrected chi connectivity index (χ0v) is 69.5. The molecule has 3 aliphatic heterocycles. The van der Waals surface area contributed by atoms with E-state index in [0.717, 1.165) is 128 Å². The average molecular weight is 1660 g/mol. The monoisotopic (exact) mass is 1650 g/mol. The summed E-state index contributed by atoms with van der Waals surface area (Å²) in [4.78, 5) is 44.5. The molecule has 0 spiro atoms. The van der Waals surface area contributed by atoms with Crippen molar-refractivity contribution in [2.75, 3.05) is 13.1 Å². The lowest BCUT2D eigenvalue weighted by atomic mass is 9.79. The molecule has 11 rings (SSSR count). The largest absolute Gasteiger partial charge is 0.534 e. The van der Waals surface area contributed by atoms with Crippen LogP contribution in [0.1, 0.15) is 147 Å². The molecule has 19 nitrogen and oxygen atoms in total. The van der Waals surface area contributed by atoms with Crippen LogP contribution >= 0.6 is 43.5 Å². The lowest BCUT2D eigenvalue weighted by Gasteiger charge is -2.34. The van der Waals surface area contributed by atoms with Gasteiger partial charge in [-0.25, -0.2) is 14.5 Å². The van der Waals surface area contributed by atoms with Crippen molar-refractivity contribution in [3.8, 4) is 40.2 Å². The van der Waals surface area contributed by atoms with E-state index in [1.54, 1.807) is 50.8 Å². The second kappa shape index (κ2) is 38.2. The predicted octanol–water partition coefficient (Wildman–Crippen LogP) is 21.6. The molecule has 2 atom stereocenters. The second-order valence-electron chi connectivity index (χ2n) is 29.2. The minimum atomic E-state index is -5.84. The van der Waals surface area contributed by atoms with Gasteiger partial charge < -0.3 is 42.3 Å². The molecule has 0 unspecified atom stereocenters. The molecule has 1 N–H and O–H groups in total. The summed E-state index contributed by atoms with van der Waals surface area (Å²) in [6, 6.07) is 45.6. The summed E-state index contributed by atoms with van der Waals surface area (Å²) in [6.45, 7) is 38.7. The van der Waals surface area contributed by atoms with Crippen molar-refractivity contribution < 1.29 is 73.5 Å². The molecule has 2 amide bonds. The summed E-state index contributed by atoms with van der Waals surface area (Å²) in [5, 5.41) is 9.55. The number of hydrogen-bond donors (Lipinski definition) is 1. The number of aromatic nitrogens is 4. The number of aryl methyl sites for hydroxylation is 8. The van der Waals surface area contributed by atoms with Gasteiger partial charge in [0.1, 0.15) is 51.4 Å². The summed E-state index contributed by atoms with van der Waals surface area (Å²) >= 11 is 12.3. The Hall–Kier alpha value is -8.53. The molecule has 4 aromatic heterocycles. The van der Waals surface area contributed by atoms with E-state index < -0.39 is 38.8 Å². The van der Waals surface area contributed by atoms with Crippen molar-refractivity contribution in [1.82, 2.24) is 29.7 Å². The molecule has 27 heteroatoms. The Bertz CT molecular complexity index is 4450. The maximum atomic E-state index is 12.8. The van der Waals surface area contributed by atoms with E-state index in [1.807, 2.05) is 204 Å². The third kappa shape index (κ3) is 29.1. The van der Waals surface area contributed by atoms with Gasteiger partial charge in [0.15, 0.2) is 0 Å². The van der Waals surface area contributed by atoms with Gasteiger partial charge in [-0.3, -0.25) is 24.8 Å². The summed E-state index contributed by atoms with van der Waals surface area (Å²) in [6.07, 6.45) is 3.15. The standard InChI is InChI=1S/C24H30N2O3.C19H24BNO3.C13H12BrNO.C12H18F3NO5S.C7H8ClN.C6H5BrO/c1-16-10-11-22(26(15-16)23(27)29-24(4,5)6)19-8-7-9-20(14-19)28-21-12-17(2)25-18(3)13-21;1-13-10-17(11-14(2)21-13)22-16-9-7-8-15(12-16)20-23-18(3,4)19(5,6)24-20;1-9-6-13(7-10(2)15-9)16-12-5-3-4-11(14)8-12;1-8-5-6-9(21-22(18,19)12(13,14)15)16(7-8)10(17)20-11(2,3)4;1-5-3-7(8)4-6(2)9-5;7-5-2-1-3-6(8)4-5/h7-9,11-14,16H,10,15H2,1-6H3;7-12H,1-6H3;3-8H,1-2H3;6,8H,5,7H2,1-4H3;3-4H,1-2H3;1-4,8H/t16-;;;8-;;/m0..0../s1. The van der Waals surface area contributed by atoms with Crippen LogP contribution in [0.5, 0.6) is 40.2 Å². The second-order valence-corrected chi connectivity index (χ2v) is 33.0. The Kier molecular flexibility index (Phi) is 31.3. The minimum absolute atomic E-state index is 0.00583. The van der Waals surface area contributed by atoms with Crippen LogP contribution in [0.4, 0.5) is 22.8 Å². The molecule has 7 heterocycles. The van der Waals surface area contributed by atoms with Gasteiger partial charge in [0, 0.05) is 115 Å². The van der Waals surface area contributed by atoms with Crippen LogP contribution in [-0.4, -0.2) is 104 Å². The fourth-order valence-electron chi connectivity index (χ4n) is 10.5. The highest BCUT2D eigenvalue weighted by atomic mass is 79.9. The van der Waals surface area contributed by atoms with E-state index in [-0.39, 0.29) is 43.3 Å². The molecule has 0 bridgehead atoms. The Balaban J connectivity index is 0.000000212. The third-order valence-electron chi connectivity index (χ3n) is 15.7. The predicted molar refractivity (Wildman–Crippen MR) is 424 cm³/mol. The molecule has 0 saturated carbocycles. The lowest BCUT2D eigenvalue weighted by molar-refractivity contribution is -0.0546. The van der Waals surface area contributed by atoms with Crippen LogP contribution < -0.4 is 19.7 Å². The quantitative estimate of drug-likeness (QED) is 0.0764. The Morgan fingerprint density at radius 3 is 1.30 bits per heavy atom. The van der Waals surface area contributed by atoms with Crippen molar-refractivity contribution in [1.29, 1.82) is 0 Å². The SMILES string of the molecule is C[C@H]1CC=C(OS(=O)(=O)C(F)(F)F)N(C(=O)OC(C)(C)C)C1.Cc1cc(Cl)cc(C)n1.Cc1cc(Oc2cccc(B3OC(C)(C)C(C)(C)O3)c2)cc(C)n1.Cc1cc(Oc2cccc(Br)c2)cc(C)n1.Cc1cc(Oc2cccc(C3=CC[C@H](C)CN3C(=O)OC(C)(C)C)c2)cc(C)n1.Oc1cccc(Br)c1. The number of benzene rings is 4. The molecule has 1 saturated heterocycles. The van der Waals surface area contributed by atoms with Crippen LogP contribution in [0.25, 0.3) is 5.70 Å². The minimum Gasteiger partial charge on any atom is -0.508 e. The number of carbonyl (C=O) groups is 2.